The lowest BCUT2D eigenvalue weighted by Crippen LogP contribution is -2.46. The van der Waals surface area contributed by atoms with E-state index in [9.17, 15) is 19.4 Å². The lowest BCUT2D eigenvalue weighted by Gasteiger charge is -2.39. The first-order chi connectivity index (χ1) is 18.1. The number of aliphatic carboxylic acids is 1. The van der Waals surface area contributed by atoms with Gasteiger partial charge in [-0.3, -0.25) is 14.8 Å². The molecule has 0 amide bonds. The molecule has 4 N–H and O–H groups in total. The maximum Gasteiger partial charge on any atom is 0.310 e. The summed E-state index contributed by atoms with van der Waals surface area (Å²) in [7, 11) is 0. The number of carbonyl (C=O) groups is 1. The summed E-state index contributed by atoms with van der Waals surface area (Å²) in [6.45, 7) is 2.86. The Balaban J connectivity index is 1.40. The van der Waals surface area contributed by atoms with E-state index in [1.54, 1.807) is 18.2 Å². The molecular formula is C26H29ClF2N6O3. The zero-order valence-electron chi connectivity index (χ0n) is 20.9. The molecule has 0 radical (unpaired) electrons. The standard InChI is InChI=1S/C26H29ClF2N6O3/c1-15-12-19(34-33-15)31-24-30-18(21(29)22(32-24)26(38)6-3-7-26)13-25(23(36)37)8-10-35(11-9-25)14-16-4-2-5-17(27)20(16)28/h2,4-5,12,38H,3,6-11,13-14H2,1H3,(H,36,37)(H2,30,31,32,33,34). The number of aromatic nitrogens is 4. The summed E-state index contributed by atoms with van der Waals surface area (Å²) in [4.78, 5) is 23.1. The highest BCUT2D eigenvalue weighted by Crippen LogP contribution is 2.43. The Morgan fingerprint density at radius 2 is 1.92 bits per heavy atom. The van der Waals surface area contributed by atoms with Gasteiger partial charge >= 0.3 is 5.97 Å². The molecule has 2 aromatic heterocycles. The highest BCUT2D eigenvalue weighted by atomic mass is 35.5. The highest BCUT2D eigenvalue weighted by Gasteiger charge is 2.45. The lowest BCUT2D eigenvalue weighted by molar-refractivity contribution is -0.152. The van der Waals surface area contributed by atoms with E-state index < -0.39 is 28.6 Å². The molecule has 1 saturated heterocycles. The first-order valence-electron chi connectivity index (χ1n) is 12.6. The Labute approximate surface area is 223 Å². The Bertz CT molecular complexity index is 1350. The Morgan fingerprint density at radius 3 is 2.53 bits per heavy atom. The fourth-order valence-corrected chi connectivity index (χ4v) is 5.35. The van der Waals surface area contributed by atoms with Crippen LogP contribution >= 0.6 is 11.6 Å². The van der Waals surface area contributed by atoms with E-state index in [0.717, 1.165) is 12.1 Å². The van der Waals surface area contributed by atoms with Crippen molar-refractivity contribution in [2.75, 3.05) is 18.4 Å². The van der Waals surface area contributed by atoms with Crippen molar-refractivity contribution >= 4 is 29.3 Å². The number of likely N-dealkylation sites (tertiary alicyclic amines) is 1. The van der Waals surface area contributed by atoms with Gasteiger partial charge in [-0.15, -0.1) is 0 Å². The number of anilines is 2. The van der Waals surface area contributed by atoms with Crippen LogP contribution in [0.1, 0.15) is 54.7 Å². The van der Waals surface area contributed by atoms with Crippen LogP contribution in [-0.2, 0) is 23.4 Å². The molecule has 9 nitrogen and oxygen atoms in total. The van der Waals surface area contributed by atoms with Crippen LogP contribution in [-0.4, -0.2) is 54.3 Å². The molecule has 2 fully saturated rings. The van der Waals surface area contributed by atoms with Crippen molar-refractivity contribution in [3.8, 4) is 0 Å². The SMILES string of the molecule is Cc1cc(Nc2nc(CC3(C(=O)O)CCN(Cc4cccc(Cl)c4F)CC3)c(F)c(C3(O)CCC3)n2)n[nH]1. The number of H-pyrrole nitrogens is 1. The van der Waals surface area contributed by atoms with Crippen molar-refractivity contribution in [3.05, 3.63) is 63.6 Å². The normalized spacial score (nSPS) is 18.7. The van der Waals surface area contributed by atoms with Gasteiger partial charge < -0.3 is 15.5 Å². The average molecular weight is 547 g/mol. The number of carboxylic acid groups (broad SMARTS) is 1. The van der Waals surface area contributed by atoms with Crippen LogP contribution < -0.4 is 5.32 Å². The topological polar surface area (TPSA) is 127 Å². The van der Waals surface area contributed by atoms with Crippen molar-refractivity contribution in [3.63, 3.8) is 0 Å². The summed E-state index contributed by atoms with van der Waals surface area (Å²) in [5.41, 5.74) is -1.66. The van der Waals surface area contributed by atoms with Gasteiger partial charge in [0.1, 0.15) is 17.1 Å². The van der Waals surface area contributed by atoms with Crippen molar-refractivity contribution in [2.24, 2.45) is 5.41 Å². The first-order valence-corrected chi connectivity index (χ1v) is 12.9. The second-order valence-electron chi connectivity index (χ2n) is 10.4. The van der Waals surface area contributed by atoms with Gasteiger partial charge in [-0.2, -0.15) is 5.10 Å². The van der Waals surface area contributed by atoms with Crippen LogP contribution in [0.15, 0.2) is 24.3 Å². The van der Waals surface area contributed by atoms with Crippen LogP contribution in [0.4, 0.5) is 20.5 Å². The van der Waals surface area contributed by atoms with Gasteiger partial charge in [0.15, 0.2) is 11.6 Å². The quantitative estimate of drug-likeness (QED) is 0.326. The molecule has 202 valence electrons. The minimum absolute atomic E-state index is 0.0389. The molecule has 5 rings (SSSR count). The van der Waals surface area contributed by atoms with Crippen LogP contribution in [0.2, 0.25) is 5.02 Å². The van der Waals surface area contributed by atoms with Crippen LogP contribution in [0, 0.1) is 24.0 Å². The number of halogens is 3. The molecule has 1 aromatic carbocycles. The Kier molecular flexibility index (Phi) is 7.10. The molecule has 12 heteroatoms. The maximum absolute atomic E-state index is 15.8. The molecule has 1 aliphatic carbocycles. The summed E-state index contributed by atoms with van der Waals surface area (Å²) < 4.78 is 30.1. The van der Waals surface area contributed by atoms with Gasteiger partial charge in [0.2, 0.25) is 5.95 Å². The van der Waals surface area contributed by atoms with Crippen LogP contribution in [0.25, 0.3) is 0 Å². The number of piperidine rings is 1. The second-order valence-corrected chi connectivity index (χ2v) is 10.8. The zero-order valence-corrected chi connectivity index (χ0v) is 21.7. The third kappa shape index (κ3) is 5.10. The molecule has 0 spiro atoms. The minimum atomic E-state index is -1.42. The molecule has 3 aromatic rings. The summed E-state index contributed by atoms with van der Waals surface area (Å²) in [6, 6.07) is 6.53. The van der Waals surface area contributed by atoms with E-state index in [2.05, 4.69) is 25.5 Å². The molecule has 0 atom stereocenters. The first kappa shape index (κ1) is 26.5. The molecule has 2 aliphatic rings. The number of hydrogen-bond donors (Lipinski definition) is 4. The summed E-state index contributed by atoms with van der Waals surface area (Å²) in [5.74, 6) is -1.86. The van der Waals surface area contributed by atoms with Gasteiger partial charge in [-0.05, 0) is 58.2 Å². The number of aliphatic hydroxyl groups is 1. The van der Waals surface area contributed by atoms with Crippen molar-refractivity contribution in [2.45, 2.75) is 57.6 Å². The van der Waals surface area contributed by atoms with Gasteiger partial charge in [0, 0.05) is 30.3 Å². The van der Waals surface area contributed by atoms with Crippen LogP contribution in [0.3, 0.4) is 0 Å². The second kappa shape index (κ2) is 10.2. The zero-order chi connectivity index (χ0) is 27.1. The summed E-state index contributed by atoms with van der Waals surface area (Å²) in [6.07, 6.45) is 1.72. The predicted octanol–water partition coefficient (Wildman–Crippen LogP) is 4.46. The average Bonchev–Trinajstić information content (AvgIpc) is 3.27. The fourth-order valence-electron chi connectivity index (χ4n) is 5.16. The Morgan fingerprint density at radius 1 is 1.18 bits per heavy atom. The number of aromatic amines is 1. The monoisotopic (exact) mass is 546 g/mol. The summed E-state index contributed by atoms with van der Waals surface area (Å²) in [5, 5.41) is 31.0. The van der Waals surface area contributed by atoms with Gasteiger partial charge in [0.05, 0.1) is 16.1 Å². The number of hydrogen-bond acceptors (Lipinski definition) is 7. The predicted molar refractivity (Wildman–Crippen MR) is 136 cm³/mol. The smallest absolute Gasteiger partial charge is 0.310 e. The van der Waals surface area contributed by atoms with Gasteiger partial charge in [0.25, 0.3) is 0 Å². The van der Waals surface area contributed by atoms with E-state index in [1.807, 2.05) is 11.8 Å². The lowest BCUT2D eigenvalue weighted by atomic mass is 9.73. The number of aryl methyl sites for hydroxylation is 1. The van der Waals surface area contributed by atoms with Crippen molar-refractivity contribution in [1.29, 1.82) is 0 Å². The largest absolute Gasteiger partial charge is 0.481 e. The summed E-state index contributed by atoms with van der Waals surface area (Å²) >= 11 is 5.90. The van der Waals surface area contributed by atoms with Gasteiger partial charge in [-0.1, -0.05) is 23.7 Å². The molecule has 38 heavy (non-hydrogen) atoms. The van der Waals surface area contributed by atoms with Crippen molar-refractivity contribution in [1.82, 2.24) is 25.1 Å². The van der Waals surface area contributed by atoms with Crippen LogP contribution in [0.5, 0.6) is 0 Å². The molecule has 1 saturated carbocycles. The maximum atomic E-state index is 15.8. The third-order valence-corrected chi connectivity index (χ3v) is 7.98. The van der Waals surface area contributed by atoms with E-state index in [1.165, 1.54) is 6.07 Å². The molecule has 1 aliphatic heterocycles. The Hall–Kier alpha value is -3.15. The highest BCUT2D eigenvalue weighted by molar-refractivity contribution is 6.30. The van der Waals surface area contributed by atoms with E-state index in [0.29, 0.717) is 37.3 Å². The fraction of sp³-hybridized carbons (Fsp3) is 0.462. The molecule has 3 heterocycles. The molecular weight excluding hydrogens is 518 g/mol. The molecule has 0 bridgehead atoms. The third-order valence-electron chi connectivity index (χ3n) is 7.69. The number of nitrogens with one attached hydrogen (secondary N) is 2. The van der Waals surface area contributed by atoms with E-state index in [-0.39, 0.29) is 48.2 Å². The van der Waals surface area contributed by atoms with E-state index in [4.69, 9.17) is 11.6 Å². The van der Waals surface area contributed by atoms with Gasteiger partial charge in [-0.25, -0.2) is 18.7 Å². The van der Waals surface area contributed by atoms with Crippen molar-refractivity contribution < 1.29 is 23.8 Å². The van der Waals surface area contributed by atoms with E-state index >= 15 is 4.39 Å². The number of benzene rings is 1. The number of nitrogens with zero attached hydrogens (tertiary/aromatic N) is 4. The minimum Gasteiger partial charge on any atom is -0.481 e. The number of rotatable bonds is 8. The molecule has 0 unspecified atom stereocenters. The number of carboxylic acids is 1.